The molecular formula is C32H24ClFN2O6. The third-order valence-electron chi connectivity index (χ3n) is 6.38. The van der Waals surface area contributed by atoms with E-state index < -0.39 is 17.8 Å². The molecule has 42 heavy (non-hydrogen) atoms. The minimum Gasteiger partial charge on any atom is -0.497 e. The first-order valence-electron chi connectivity index (χ1n) is 12.8. The number of hydrogen-bond acceptors (Lipinski definition) is 6. The Kier molecular flexibility index (Phi) is 8.50. The number of rotatable bonds is 9. The van der Waals surface area contributed by atoms with Crippen molar-refractivity contribution in [1.29, 1.82) is 0 Å². The minimum atomic E-state index is -0.880. The maximum atomic E-state index is 13.5. The molecule has 1 aliphatic rings. The average molecular weight is 587 g/mol. The first kappa shape index (κ1) is 28.4. The molecule has 0 unspecified atom stereocenters. The van der Waals surface area contributed by atoms with E-state index in [1.165, 1.54) is 37.5 Å². The smallest absolute Gasteiger partial charge is 0.335 e. The average Bonchev–Trinajstić information content (AvgIpc) is 2.99. The van der Waals surface area contributed by atoms with Crippen LogP contribution in [0.3, 0.4) is 0 Å². The fourth-order valence-corrected chi connectivity index (χ4v) is 4.33. The molecule has 0 bridgehead atoms. The number of ether oxygens (including phenoxy) is 3. The summed E-state index contributed by atoms with van der Waals surface area (Å²) in [4.78, 5) is 39.8. The first-order valence-corrected chi connectivity index (χ1v) is 13.1. The third kappa shape index (κ3) is 6.42. The van der Waals surface area contributed by atoms with Crippen LogP contribution in [-0.2, 0) is 22.8 Å². The molecule has 5 rings (SSSR count). The molecule has 0 aliphatic carbocycles. The van der Waals surface area contributed by atoms with Gasteiger partial charge in [0, 0.05) is 22.2 Å². The number of hydrogen-bond donors (Lipinski definition) is 1. The van der Waals surface area contributed by atoms with E-state index in [-0.39, 0.29) is 30.3 Å². The summed E-state index contributed by atoms with van der Waals surface area (Å²) in [7, 11) is 1.49. The number of carbonyl (C=O) groups excluding carboxylic acids is 3. The number of carbonyl (C=O) groups is 3. The van der Waals surface area contributed by atoms with Crippen LogP contribution >= 0.6 is 11.6 Å². The van der Waals surface area contributed by atoms with Crippen molar-refractivity contribution in [3.8, 4) is 17.2 Å². The highest BCUT2D eigenvalue weighted by Crippen LogP contribution is 2.30. The molecule has 0 radical (unpaired) electrons. The predicted octanol–water partition coefficient (Wildman–Crippen LogP) is 6.31. The van der Waals surface area contributed by atoms with Crippen molar-refractivity contribution in [1.82, 2.24) is 5.32 Å². The molecule has 212 valence electrons. The summed E-state index contributed by atoms with van der Waals surface area (Å²) in [6.45, 7) is 0.330. The molecule has 4 aromatic rings. The van der Waals surface area contributed by atoms with Crippen LogP contribution in [0.25, 0.3) is 6.08 Å². The van der Waals surface area contributed by atoms with Crippen LogP contribution in [0.5, 0.6) is 17.2 Å². The Morgan fingerprint density at radius 3 is 2.29 bits per heavy atom. The number of amides is 4. The van der Waals surface area contributed by atoms with Gasteiger partial charge in [0.2, 0.25) is 0 Å². The number of imide groups is 2. The van der Waals surface area contributed by atoms with Gasteiger partial charge >= 0.3 is 6.03 Å². The summed E-state index contributed by atoms with van der Waals surface area (Å²) in [5.41, 5.74) is 1.88. The third-order valence-corrected chi connectivity index (χ3v) is 6.75. The molecular weight excluding hydrogens is 563 g/mol. The first-order chi connectivity index (χ1) is 20.3. The van der Waals surface area contributed by atoms with E-state index in [0.717, 1.165) is 10.5 Å². The standard InChI is InChI=1S/C32H24ClFN2O6/c1-40-26-13-8-21(29(17-26)42-18-20-6-9-23(34)10-7-20)16-27-30(37)35-32(39)36(31(27)38)24-11-14-25(15-12-24)41-19-22-4-2-3-5-28(22)33/h2-17H,18-19H2,1H3,(H,35,37,39)/b27-16+. The number of barbiturate groups is 1. The molecule has 1 fully saturated rings. The van der Waals surface area contributed by atoms with E-state index in [1.807, 2.05) is 18.2 Å². The quantitative estimate of drug-likeness (QED) is 0.182. The van der Waals surface area contributed by atoms with Gasteiger partial charge in [0.25, 0.3) is 11.8 Å². The van der Waals surface area contributed by atoms with Gasteiger partial charge in [0.15, 0.2) is 0 Å². The lowest BCUT2D eigenvalue weighted by molar-refractivity contribution is -0.122. The van der Waals surface area contributed by atoms with Crippen molar-refractivity contribution in [3.05, 3.63) is 124 Å². The fraction of sp³-hybridized carbons (Fsp3) is 0.0938. The fourth-order valence-electron chi connectivity index (χ4n) is 4.14. The van der Waals surface area contributed by atoms with E-state index in [9.17, 15) is 18.8 Å². The molecule has 0 aromatic heterocycles. The summed E-state index contributed by atoms with van der Waals surface area (Å²) in [6.07, 6.45) is 1.34. The Morgan fingerprint density at radius 2 is 1.57 bits per heavy atom. The van der Waals surface area contributed by atoms with Crippen LogP contribution < -0.4 is 24.4 Å². The molecule has 0 saturated carbocycles. The molecule has 0 spiro atoms. The topological polar surface area (TPSA) is 94.2 Å². The van der Waals surface area contributed by atoms with Crippen molar-refractivity contribution in [3.63, 3.8) is 0 Å². The number of halogens is 2. The number of urea groups is 1. The number of nitrogens with one attached hydrogen (secondary N) is 1. The Labute approximate surface area is 245 Å². The Balaban J connectivity index is 1.37. The summed E-state index contributed by atoms with van der Waals surface area (Å²) < 4.78 is 30.3. The van der Waals surface area contributed by atoms with Crippen LogP contribution in [0, 0.1) is 5.82 Å². The van der Waals surface area contributed by atoms with Gasteiger partial charge in [-0.3, -0.25) is 14.9 Å². The molecule has 8 nitrogen and oxygen atoms in total. The van der Waals surface area contributed by atoms with E-state index >= 15 is 0 Å². The van der Waals surface area contributed by atoms with Crippen molar-refractivity contribution in [2.45, 2.75) is 13.2 Å². The van der Waals surface area contributed by atoms with Gasteiger partial charge in [-0.1, -0.05) is 41.9 Å². The van der Waals surface area contributed by atoms with Crippen molar-refractivity contribution < 1.29 is 33.0 Å². The maximum Gasteiger partial charge on any atom is 0.335 e. The van der Waals surface area contributed by atoms with Gasteiger partial charge in [0.1, 0.15) is 41.9 Å². The number of nitrogens with zero attached hydrogens (tertiary/aromatic N) is 1. The van der Waals surface area contributed by atoms with Gasteiger partial charge < -0.3 is 14.2 Å². The second-order valence-corrected chi connectivity index (χ2v) is 9.56. The van der Waals surface area contributed by atoms with Gasteiger partial charge in [-0.25, -0.2) is 14.1 Å². The number of anilines is 1. The maximum absolute atomic E-state index is 13.5. The highest BCUT2D eigenvalue weighted by Gasteiger charge is 2.37. The van der Waals surface area contributed by atoms with Crippen LogP contribution in [0.2, 0.25) is 5.02 Å². The van der Waals surface area contributed by atoms with Gasteiger partial charge in [0.05, 0.1) is 12.8 Å². The minimum absolute atomic E-state index is 0.0965. The molecule has 1 aliphatic heterocycles. The van der Waals surface area contributed by atoms with Crippen LogP contribution in [0.1, 0.15) is 16.7 Å². The number of methoxy groups -OCH3 is 1. The van der Waals surface area contributed by atoms with Gasteiger partial charge in [-0.15, -0.1) is 0 Å². The van der Waals surface area contributed by atoms with Gasteiger partial charge in [-0.05, 0) is 66.2 Å². The monoisotopic (exact) mass is 586 g/mol. The summed E-state index contributed by atoms with van der Waals surface area (Å²) in [5.74, 6) is -0.730. The Bertz CT molecular complexity index is 1670. The molecule has 4 aromatic carbocycles. The lowest BCUT2D eigenvalue weighted by Crippen LogP contribution is -2.54. The van der Waals surface area contributed by atoms with Crippen molar-refractivity contribution in [2.75, 3.05) is 12.0 Å². The highest BCUT2D eigenvalue weighted by atomic mass is 35.5. The SMILES string of the molecule is COc1ccc(/C=C2\C(=O)NC(=O)N(c3ccc(OCc4ccccc4Cl)cc3)C2=O)c(OCc2ccc(F)cc2)c1. The zero-order chi connectivity index (χ0) is 29.6. The van der Waals surface area contributed by atoms with Gasteiger partial charge in [-0.2, -0.15) is 0 Å². The second kappa shape index (κ2) is 12.6. The van der Waals surface area contributed by atoms with Crippen LogP contribution in [-0.4, -0.2) is 25.0 Å². The largest absolute Gasteiger partial charge is 0.497 e. The molecule has 10 heteroatoms. The van der Waals surface area contributed by atoms with Crippen molar-refractivity contribution >= 4 is 41.2 Å². The van der Waals surface area contributed by atoms with Crippen LogP contribution in [0.15, 0.2) is 96.6 Å². The zero-order valence-corrected chi connectivity index (χ0v) is 23.1. The van der Waals surface area contributed by atoms with Crippen LogP contribution in [0.4, 0.5) is 14.9 Å². The molecule has 1 N–H and O–H groups in total. The highest BCUT2D eigenvalue weighted by molar-refractivity contribution is 6.39. The molecule has 4 amide bonds. The summed E-state index contributed by atoms with van der Waals surface area (Å²) in [6, 6.07) is 23.4. The van der Waals surface area contributed by atoms with E-state index in [1.54, 1.807) is 48.5 Å². The second-order valence-electron chi connectivity index (χ2n) is 9.15. The van der Waals surface area contributed by atoms with E-state index in [0.29, 0.717) is 33.4 Å². The number of benzene rings is 4. The van der Waals surface area contributed by atoms with Crippen molar-refractivity contribution in [2.24, 2.45) is 0 Å². The lowest BCUT2D eigenvalue weighted by atomic mass is 10.1. The zero-order valence-electron chi connectivity index (χ0n) is 22.3. The normalized spacial score (nSPS) is 14.1. The molecule has 1 heterocycles. The van der Waals surface area contributed by atoms with E-state index in [4.69, 9.17) is 25.8 Å². The molecule has 0 atom stereocenters. The lowest BCUT2D eigenvalue weighted by Gasteiger charge is -2.26. The summed E-state index contributed by atoms with van der Waals surface area (Å²) >= 11 is 6.18. The van der Waals surface area contributed by atoms with E-state index in [2.05, 4.69) is 5.32 Å². The summed E-state index contributed by atoms with van der Waals surface area (Å²) in [5, 5.41) is 2.79. The predicted molar refractivity (Wildman–Crippen MR) is 155 cm³/mol. The Hall–Kier alpha value is -5.15. The molecule has 1 saturated heterocycles. The Morgan fingerprint density at radius 1 is 0.857 bits per heavy atom.